The van der Waals surface area contributed by atoms with E-state index in [1.807, 2.05) is 13.8 Å². The molecular formula is C27H41N5O5. The van der Waals surface area contributed by atoms with Gasteiger partial charge in [-0.25, -0.2) is 0 Å². The van der Waals surface area contributed by atoms with Crippen LogP contribution in [0.25, 0.3) is 0 Å². The molecule has 0 unspecified atom stereocenters. The highest BCUT2D eigenvalue weighted by Gasteiger charge is 2.31. The number of hydrogen-bond acceptors (Lipinski definition) is 6. The second-order valence-electron chi connectivity index (χ2n) is 10.3. The van der Waals surface area contributed by atoms with E-state index in [4.69, 9.17) is 4.74 Å². The summed E-state index contributed by atoms with van der Waals surface area (Å²) in [7, 11) is 1.66. The number of likely N-dealkylation sites (N-methyl/N-ethyl adjacent to an activating group) is 2. The minimum absolute atomic E-state index is 0.163. The van der Waals surface area contributed by atoms with Gasteiger partial charge >= 0.3 is 0 Å². The van der Waals surface area contributed by atoms with Gasteiger partial charge < -0.3 is 25.6 Å². The lowest BCUT2D eigenvalue weighted by molar-refractivity contribution is -0.136. The fourth-order valence-corrected chi connectivity index (χ4v) is 4.91. The first kappa shape index (κ1) is 28.4. The molecule has 204 valence electrons. The molecule has 1 aromatic carbocycles. The Morgan fingerprint density at radius 2 is 1.92 bits per heavy atom. The zero-order valence-electron chi connectivity index (χ0n) is 22.4. The Labute approximate surface area is 219 Å². The number of nitrogens with one attached hydrogen (secondary N) is 3. The maximum absolute atomic E-state index is 13.2. The number of nitrogens with zero attached hydrogens (tertiary/aromatic N) is 2. The Balaban J connectivity index is 1.83. The number of amides is 4. The molecule has 2 aliphatic heterocycles. The molecule has 0 aromatic heterocycles. The maximum atomic E-state index is 13.2. The van der Waals surface area contributed by atoms with Gasteiger partial charge in [0.25, 0.3) is 5.91 Å². The minimum Gasteiger partial charge on any atom is -0.491 e. The van der Waals surface area contributed by atoms with Crippen LogP contribution >= 0.6 is 0 Å². The first-order valence-corrected chi connectivity index (χ1v) is 13.3. The minimum atomic E-state index is -1.10. The number of hydrogen-bond donors (Lipinski definition) is 3. The van der Waals surface area contributed by atoms with E-state index in [1.54, 1.807) is 31.3 Å². The van der Waals surface area contributed by atoms with Crippen molar-refractivity contribution in [3.63, 3.8) is 0 Å². The van der Waals surface area contributed by atoms with Crippen LogP contribution in [0, 0.1) is 5.92 Å². The number of rotatable bonds is 6. The molecule has 3 N–H and O–H groups in total. The van der Waals surface area contributed by atoms with Crippen LogP contribution < -0.4 is 20.7 Å². The number of benzene rings is 1. The molecule has 4 amide bonds. The standard InChI is InChI=1S/C27H41N5O5/c1-5-32-12-8-9-19(32)17-28-26(35)21-16-24(33)29-22(15-18(2)3)27(36)31(4)13-14-37-23-11-7-6-10-20(23)25(34)30-21/h6-7,10-11,18-19,21-22H,5,8-9,12-17H2,1-4H3,(H,28,35)(H,29,33)(H,30,34)/t19-,21-,22-/m0/s1. The number of ether oxygens (including phenoxy) is 1. The lowest BCUT2D eigenvalue weighted by atomic mass is 10.0. The number of para-hydroxylation sites is 1. The van der Waals surface area contributed by atoms with E-state index in [0.717, 1.165) is 25.9 Å². The van der Waals surface area contributed by atoms with Crippen molar-refractivity contribution in [2.45, 2.75) is 64.6 Å². The summed E-state index contributed by atoms with van der Waals surface area (Å²) in [5, 5.41) is 8.47. The van der Waals surface area contributed by atoms with Crippen LogP contribution in [0.15, 0.2) is 24.3 Å². The molecule has 2 heterocycles. The van der Waals surface area contributed by atoms with E-state index < -0.39 is 29.8 Å². The summed E-state index contributed by atoms with van der Waals surface area (Å²) in [6.07, 6.45) is 2.24. The van der Waals surface area contributed by atoms with E-state index >= 15 is 0 Å². The Morgan fingerprint density at radius 3 is 2.65 bits per heavy atom. The van der Waals surface area contributed by atoms with Gasteiger partial charge in [0.15, 0.2) is 0 Å². The van der Waals surface area contributed by atoms with Crippen molar-refractivity contribution in [3.05, 3.63) is 29.8 Å². The molecule has 1 fully saturated rings. The normalized spacial score (nSPS) is 24.1. The Kier molecular flexibility index (Phi) is 10.3. The molecule has 0 bridgehead atoms. The zero-order chi connectivity index (χ0) is 26.9. The van der Waals surface area contributed by atoms with Gasteiger partial charge in [0.2, 0.25) is 17.7 Å². The summed E-state index contributed by atoms with van der Waals surface area (Å²) in [5.74, 6) is -1.10. The summed E-state index contributed by atoms with van der Waals surface area (Å²) in [6.45, 7) is 8.85. The van der Waals surface area contributed by atoms with Crippen molar-refractivity contribution in [2.75, 3.05) is 39.8 Å². The molecule has 3 rings (SSSR count). The van der Waals surface area contributed by atoms with Crippen molar-refractivity contribution >= 4 is 23.6 Å². The highest BCUT2D eigenvalue weighted by atomic mass is 16.5. The number of fused-ring (bicyclic) bond motifs is 1. The molecule has 10 nitrogen and oxygen atoms in total. The van der Waals surface area contributed by atoms with Gasteiger partial charge in [-0.15, -0.1) is 0 Å². The largest absolute Gasteiger partial charge is 0.491 e. The predicted molar refractivity (Wildman–Crippen MR) is 140 cm³/mol. The summed E-state index contributed by atoms with van der Waals surface area (Å²) < 4.78 is 5.85. The highest BCUT2D eigenvalue weighted by molar-refractivity contribution is 6.01. The Morgan fingerprint density at radius 1 is 1.16 bits per heavy atom. The fraction of sp³-hybridized carbons (Fsp3) is 0.630. The quantitative estimate of drug-likeness (QED) is 0.523. The molecular weight excluding hydrogens is 474 g/mol. The van der Waals surface area contributed by atoms with Crippen molar-refractivity contribution in [2.24, 2.45) is 5.92 Å². The van der Waals surface area contributed by atoms with Gasteiger partial charge in [-0.1, -0.05) is 32.9 Å². The highest BCUT2D eigenvalue weighted by Crippen LogP contribution is 2.19. The predicted octanol–water partition coefficient (Wildman–Crippen LogP) is 1.16. The zero-order valence-corrected chi connectivity index (χ0v) is 22.4. The SMILES string of the molecule is CCN1CCC[C@H]1CNC(=O)[C@@H]1CC(=O)N[C@@H](CC(C)C)C(=O)N(C)CCOc2ccccc2C(=O)N1. The van der Waals surface area contributed by atoms with E-state index in [2.05, 4.69) is 27.8 Å². The van der Waals surface area contributed by atoms with Gasteiger partial charge in [0.05, 0.1) is 18.5 Å². The number of carbonyl (C=O) groups is 4. The molecule has 1 saturated heterocycles. The summed E-state index contributed by atoms with van der Waals surface area (Å²) >= 11 is 0. The maximum Gasteiger partial charge on any atom is 0.255 e. The molecule has 0 radical (unpaired) electrons. The number of likely N-dealkylation sites (tertiary alicyclic amines) is 1. The first-order chi connectivity index (χ1) is 17.7. The molecule has 2 aliphatic rings. The van der Waals surface area contributed by atoms with Gasteiger partial charge in [-0.05, 0) is 50.4 Å². The Bertz CT molecular complexity index is 968. The van der Waals surface area contributed by atoms with E-state index in [-0.39, 0.29) is 36.5 Å². The molecule has 3 atom stereocenters. The van der Waals surface area contributed by atoms with Crippen LogP contribution in [0.2, 0.25) is 0 Å². The smallest absolute Gasteiger partial charge is 0.255 e. The topological polar surface area (TPSA) is 120 Å². The molecule has 37 heavy (non-hydrogen) atoms. The van der Waals surface area contributed by atoms with Crippen LogP contribution in [0.1, 0.15) is 56.8 Å². The number of carbonyl (C=O) groups excluding carboxylic acids is 4. The van der Waals surface area contributed by atoms with Crippen molar-refractivity contribution < 1.29 is 23.9 Å². The van der Waals surface area contributed by atoms with Gasteiger partial charge in [0.1, 0.15) is 24.4 Å². The third-order valence-corrected chi connectivity index (χ3v) is 6.96. The van der Waals surface area contributed by atoms with Crippen LogP contribution in [0.3, 0.4) is 0 Å². The third kappa shape index (κ3) is 7.92. The lowest BCUT2D eigenvalue weighted by Gasteiger charge is -2.28. The fourth-order valence-electron chi connectivity index (χ4n) is 4.91. The average Bonchev–Trinajstić information content (AvgIpc) is 3.33. The average molecular weight is 516 g/mol. The van der Waals surface area contributed by atoms with Crippen LogP contribution in [-0.2, 0) is 14.4 Å². The van der Waals surface area contributed by atoms with Crippen molar-refractivity contribution in [1.82, 2.24) is 25.8 Å². The molecule has 0 saturated carbocycles. The van der Waals surface area contributed by atoms with Crippen LogP contribution in [0.4, 0.5) is 0 Å². The van der Waals surface area contributed by atoms with E-state index in [0.29, 0.717) is 25.3 Å². The van der Waals surface area contributed by atoms with Gasteiger partial charge in [-0.2, -0.15) is 0 Å². The summed E-state index contributed by atoms with van der Waals surface area (Å²) in [4.78, 5) is 56.5. The summed E-state index contributed by atoms with van der Waals surface area (Å²) in [5.41, 5.74) is 0.261. The monoisotopic (exact) mass is 515 g/mol. The molecule has 0 aliphatic carbocycles. The molecule has 1 aromatic rings. The van der Waals surface area contributed by atoms with Gasteiger partial charge in [0, 0.05) is 19.6 Å². The van der Waals surface area contributed by atoms with Crippen molar-refractivity contribution in [1.29, 1.82) is 0 Å². The second-order valence-corrected chi connectivity index (χ2v) is 10.3. The van der Waals surface area contributed by atoms with Crippen LogP contribution in [0.5, 0.6) is 5.75 Å². The lowest BCUT2D eigenvalue weighted by Crippen LogP contribution is -2.54. The Hall–Kier alpha value is -3.14. The van der Waals surface area contributed by atoms with Crippen molar-refractivity contribution in [3.8, 4) is 5.75 Å². The van der Waals surface area contributed by atoms with E-state index in [1.165, 1.54) is 4.90 Å². The summed E-state index contributed by atoms with van der Waals surface area (Å²) in [6, 6.07) is 5.13. The van der Waals surface area contributed by atoms with Crippen LogP contribution in [-0.4, -0.2) is 91.4 Å². The third-order valence-electron chi connectivity index (χ3n) is 6.96. The molecule has 0 spiro atoms. The first-order valence-electron chi connectivity index (χ1n) is 13.3. The van der Waals surface area contributed by atoms with Gasteiger partial charge in [-0.3, -0.25) is 24.1 Å². The molecule has 10 heteroatoms. The van der Waals surface area contributed by atoms with E-state index in [9.17, 15) is 19.2 Å². The second kappa shape index (κ2) is 13.4.